The van der Waals surface area contributed by atoms with Crippen LogP contribution in [0.3, 0.4) is 0 Å². The molecule has 0 atom stereocenters. The highest BCUT2D eigenvalue weighted by molar-refractivity contribution is 9.11. The zero-order chi connectivity index (χ0) is 71.0. The van der Waals surface area contributed by atoms with Crippen LogP contribution in [0.4, 0.5) is 5.69 Å². The third-order valence-electron chi connectivity index (χ3n) is 15.8. The topological polar surface area (TPSA) is 242 Å². The number of rotatable bonds is 23. The number of carbonyl (C=O) groups is 3. The molecule has 0 saturated carbocycles. The molecule has 0 saturated heterocycles. The molecule has 13 aromatic rings. The maximum atomic E-state index is 11.7. The Kier molecular flexibility index (Phi) is 29.2. The van der Waals surface area contributed by atoms with Gasteiger partial charge in [-0.15, -0.1) is 0 Å². The van der Waals surface area contributed by atoms with Crippen molar-refractivity contribution in [3.05, 3.63) is 273 Å². The molecule has 7 heterocycles. The van der Waals surface area contributed by atoms with E-state index in [0.717, 1.165) is 142 Å². The second-order valence-electron chi connectivity index (χ2n) is 22.6. The molecule has 22 heteroatoms. The molecule has 13 rings (SSSR count). The van der Waals surface area contributed by atoms with Crippen molar-refractivity contribution < 1.29 is 56.1 Å². The van der Waals surface area contributed by atoms with Gasteiger partial charge in [-0.25, -0.2) is 14.4 Å². The van der Waals surface area contributed by atoms with Gasteiger partial charge in [-0.1, -0.05) is 75.5 Å². The van der Waals surface area contributed by atoms with Crippen LogP contribution in [0.2, 0.25) is 0 Å². The van der Waals surface area contributed by atoms with E-state index in [0.29, 0.717) is 48.6 Å². The highest BCUT2D eigenvalue weighted by Crippen LogP contribution is 2.38. The fourth-order valence-corrected chi connectivity index (χ4v) is 11.7. The van der Waals surface area contributed by atoms with Crippen molar-refractivity contribution in [2.75, 3.05) is 74.2 Å². The fraction of sp³-hybridized carbons (Fsp3) is 0.198. The smallest absolute Gasteiger partial charge is 0.337 e. The van der Waals surface area contributed by atoms with Gasteiger partial charge in [0.2, 0.25) is 0 Å². The van der Waals surface area contributed by atoms with Gasteiger partial charge in [0, 0.05) is 116 Å². The van der Waals surface area contributed by atoms with E-state index in [4.69, 9.17) is 37.9 Å². The van der Waals surface area contributed by atoms with E-state index in [2.05, 4.69) is 76.4 Å². The number of aromatic nitrogens is 4. The molecule has 7 aromatic heterocycles. The summed E-state index contributed by atoms with van der Waals surface area (Å²) in [5, 5.41) is 6.34. The highest BCUT2D eigenvalue weighted by Gasteiger charge is 2.18. The summed E-state index contributed by atoms with van der Waals surface area (Å²) in [6, 6.07) is 62.5. The maximum Gasteiger partial charge on any atom is 0.337 e. The lowest BCUT2D eigenvalue weighted by molar-refractivity contribution is 0.0592. The highest BCUT2D eigenvalue weighted by atomic mass is 79.9. The van der Waals surface area contributed by atoms with Crippen molar-refractivity contribution in [1.82, 2.24) is 29.7 Å². The van der Waals surface area contributed by atoms with Crippen LogP contribution in [-0.2, 0) is 40.4 Å². The summed E-state index contributed by atoms with van der Waals surface area (Å²) in [4.78, 5) is 56.9. The predicted octanol–water partition coefficient (Wildman–Crippen LogP) is 17.8. The fourth-order valence-electron chi connectivity index (χ4n) is 10.7. The zero-order valence-corrected chi connectivity index (χ0v) is 59.6. The third-order valence-corrected chi connectivity index (χ3v) is 17.1. The quantitative estimate of drug-likeness (QED) is 0.0447. The number of nitrogens with one attached hydrogen (secondary N) is 1. The first-order valence-corrected chi connectivity index (χ1v) is 33.5. The van der Waals surface area contributed by atoms with Gasteiger partial charge in [-0.2, -0.15) is 0 Å². The molecule has 0 unspecified atom stereocenters. The summed E-state index contributed by atoms with van der Waals surface area (Å²) in [6.45, 7) is 5.96. The van der Waals surface area contributed by atoms with Gasteiger partial charge < -0.3 is 52.7 Å². The Hall–Kier alpha value is -11.0. The van der Waals surface area contributed by atoms with E-state index < -0.39 is 0 Å². The van der Waals surface area contributed by atoms with Crippen LogP contribution >= 0.6 is 31.9 Å². The molecule has 0 aliphatic heterocycles. The molecule has 0 fully saturated rings. The van der Waals surface area contributed by atoms with Gasteiger partial charge >= 0.3 is 17.9 Å². The predicted molar refractivity (Wildman–Crippen MR) is 410 cm³/mol. The van der Waals surface area contributed by atoms with Crippen LogP contribution in [0.25, 0.3) is 66.9 Å². The number of anilines is 1. The van der Waals surface area contributed by atoms with Crippen LogP contribution in [-0.4, -0.2) is 116 Å². The number of esters is 3. The van der Waals surface area contributed by atoms with E-state index in [-0.39, 0.29) is 32.8 Å². The van der Waals surface area contributed by atoms with Gasteiger partial charge in [0.05, 0.1) is 96.8 Å². The second kappa shape index (κ2) is 38.7. The van der Waals surface area contributed by atoms with Gasteiger partial charge in [0.15, 0.2) is 0 Å². The largest absolute Gasteiger partial charge is 0.496 e. The van der Waals surface area contributed by atoms with Crippen molar-refractivity contribution in [3.8, 4) is 51.2 Å². The number of fused-ring (bicyclic) bond motifs is 3. The Balaban J connectivity index is 0.000000182. The van der Waals surface area contributed by atoms with Gasteiger partial charge in [0.25, 0.3) is 0 Å². The molecule has 0 aliphatic carbocycles. The molecule has 0 aliphatic rings. The third kappa shape index (κ3) is 21.3. The summed E-state index contributed by atoms with van der Waals surface area (Å²) in [6.07, 6.45) is 7.27. The number of hydrogen-bond donors (Lipinski definition) is 2. The van der Waals surface area contributed by atoms with Crippen LogP contribution in [0.15, 0.2) is 247 Å². The summed E-state index contributed by atoms with van der Waals surface area (Å²) < 4.78 is 50.0. The number of ether oxygens (including phenoxy) is 6. The van der Waals surface area contributed by atoms with Crippen molar-refractivity contribution >= 4 is 88.4 Å². The molecule has 3 N–H and O–H groups in total. The van der Waals surface area contributed by atoms with Gasteiger partial charge in [0.1, 0.15) is 51.3 Å². The molecule has 532 valence electrons. The SMILES string of the molecule is C.C.COC(=O)c1ccc(-c2cc3cc(OC)c(Br)cc3o2)cc1.COC(=O)c1ccc(-c2cc3cc(OC)c(Br)cc3o2)cc1.COC(=O)c1ccc(-c2cc3cc(OC)c(NCCN(Cc4ccccn4)Cc4ccccn4)cc3o2)cc1.NCCN(Cc1ccccn1)Cc1ccccn1. The molecular formula is C81H82Br2N8O12. The molecule has 6 aromatic carbocycles. The molecule has 0 amide bonds. The number of nitrogens with zero attached hydrogens (tertiary/aromatic N) is 6. The molecule has 0 spiro atoms. The molecule has 103 heavy (non-hydrogen) atoms. The standard InChI is InChI=1S/C31H30N4O4.2C17H13BrO4.C14H18N4.2CH4/c1-37-30-18-24-17-28(22-9-11-23(12-10-22)31(36)38-2)39-29(24)19-27(30)34-15-16-35(20-25-7-3-5-13-32-25)21-26-8-4-6-14-33-26;2*1-20-16-8-12-7-14(22-15(12)9-13(16)18)10-3-5-11(6-4-10)17(19)21-2;15-7-10-18(11-13-5-1-3-8-16-13)12-14-6-2-4-9-17-14;;/h3-14,17-19,34H,15-16,20-21H2,1-2H3;2*3-9H,1-2H3;1-6,8-9H,7,10-12,15H2;2*1H4. The number of pyridine rings is 4. The van der Waals surface area contributed by atoms with E-state index in [9.17, 15) is 14.4 Å². The molecular weight excluding hydrogens is 1440 g/mol. The number of carbonyl (C=O) groups excluding carboxylic acids is 3. The Morgan fingerprint density at radius 3 is 1.01 bits per heavy atom. The lowest BCUT2D eigenvalue weighted by Gasteiger charge is -2.22. The van der Waals surface area contributed by atoms with E-state index in [1.54, 1.807) is 57.7 Å². The monoisotopic (exact) mass is 1520 g/mol. The number of furan rings is 3. The molecule has 20 nitrogen and oxygen atoms in total. The van der Waals surface area contributed by atoms with Crippen molar-refractivity contribution in [1.29, 1.82) is 0 Å². The number of benzene rings is 6. The van der Waals surface area contributed by atoms with Gasteiger partial charge in [-0.05, 0) is 165 Å². The van der Waals surface area contributed by atoms with E-state index in [1.165, 1.54) is 21.3 Å². The van der Waals surface area contributed by atoms with Crippen LogP contribution in [0.1, 0.15) is 68.7 Å². The Labute approximate surface area is 616 Å². The minimum atomic E-state index is -0.370. The summed E-state index contributed by atoms with van der Waals surface area (Å²) in [7, 11) is 9.00. The molecule has 0 bridgehead atoms. The number of nitrogens with two attached hydrogens (primary N) is 1. The normalized spacial score (nSPS) is 10.6. The molecule has 0 radical (unpaired) electrons. The Morgan fingerprint density at radius 1 is 0.408 bits per heavy atom. The van der Waals surface area contributed by atoms with Crippen LogP contribution in [0.5, 0.6) is 17.2 Å². The van der Waals surface area contributed by atoms with Crippen molar-refractivity contribution in [3.63, 3.8) is 0 Å². The lowest BCUT2D eigenvalue weighted by Crippen LogP contribution is -2.29. The Bertz CT molecular complexity index is 4590. The van der Waals surface area contributed by atoms with Crippen molar-refractivity contribution in [2.45, 2.75) is 41.0 Å². The second-order valence-corrected chi connectivity index (χ2v) is 24.3. The number of halogens is 2. The zero-order valence-electron chi connectivity index (χ0n) is 56.4. The Morgan fingerprint density at radius 2 is 0.718 bits per heavy atom. The van der Waals surface area contributed by atoms with Crippen LogP contribution < -0.4 is 25.3 Å². The minimum absolute atomic E-state index is 0. The van der Waals surface area contributed by atoms with Crippen LogP contribution in [0, 0.1) is 0 Å². The first-order valence-electron chi connectivity index (χ1n) is 32.0. The van der Waals surface area contributed by atoms with Crippen molar-refractivity contribution in [2.24, 2.45) is 5.73 Å². The summed E-state index contributed by atoms with van der Waals surface area (Å²) >= 11 is 6.88. The average Bonchev–Trinajstić information content (AvgIpc) is 1.67. The number of methoxy groups -OCH3 is 6. The van der Waals surface area contributed by atoms with E-state index >= 15 is 0 Å². The minimum Gasteiger partial charge on any atom is -0.496 e. The number of hydrogen-bond acceptors (Lipinski definition) is 20. The first kappa shape index (κ1) is 77.7. The summed E-state index contributed by atoms with van der Waals surface area (Å²) in [5.41, 5.74) is 17.1. The lowest BCUT2D eigenvalue weighted by atomic mass is 10.1. The van der Waals surface area contributed by atoms with Gasteiger partial charge in [-0.3, -0.25) is 29.7 Å². The maximum absolute atomic E-state index is 11.7. The summed E-state index contributed by atoms with van der Waals surface area (Å²) in [5.74, 6) is 3.31. The first-order chi connectivity index (χ1) is 49.2. The van der Waals surface area contributed by atoms with E-state index in [1.807, 2.05) is 189 Å². The average molecular weight is 1520 g/mol.